The molecule has 0 bridgehead atoms. The number of para-hydroxylation sites is 1. The third-order valence-electron chi connectivity index (χ3n) is 5.17. The normalized spacial score (nSPS) is 13.5. The Kier molecular flexibility index (Phi) is 5.67. The van der Waals surface area contributed by atoms with Crippen molar-refractivity contribution in [1.82, 2.24) is 9.88 Å². The molecule has 148 valence electrons. The summed E-state index contributed by atoms with van der Waals surface area (Å²) in [5, 5.41) is 15.7. The van der Waals surface area contributed by atoms with E-state index in [1.54, 1.807) is 13.1 Å². The number of halogens is 2. The van der Waals surface area contributed by atoms with Crippen LogP contribution in [0.25, 0.3) is 22.0 Å². The fourth-order valence-corrected chi connectivity index (χ4v) is 4.15. The first kappa shape index (κ1) is 19.6. The number of nitrogens with zero attached hydrogens (tertiary/aromatic N) is 1. The molecule has 0 aliphatic rings. The third kappa shape index (κ3) is 3.79. The van der Waals surface area contributed by atoms with E-state index in [4.69, 9.17) is 11.6 Å². The molecule has 1 aromatic heterocycles. The van der Waals surface area contributed by atoms with Crippen molar-refractivity contribution in [3.05, 3.63) is 95.4 Å². The van der Waals surface area contributed by atoms with Crippen LogP contribution in [0.2, 0.25) is 5.02 Å². The summed E-state index contributed by atoms with van der Waals surface area (Å²) >= 11 is 6.48. The fourth-order valence-electron chi connectivity index (χ4n) is 3.91. The predicted molar refractivity (Wildman–Crippen MR) is 117 cm³/mol. The monoisotopic (exact) mass is 408 g/mol. The number of aliphatic hydroxyl groups is 1. The van der Waals surface area contributed by atoms with Crippen molar-refractivity contribution in [2.75, 3.05) is 13.6 Å². The maximum absolute atomic E-state index is 14.0. The van der Waals surface area contributed by atoms with E-state index in [2.05, 4.69) is 5.32 Å². The fraction of sp³-hybridized carbons (Fsp3) is 0.167. The summed E-state index contributed by atoms with van der Waals surface area (Å²) in [5.74, 6) is -0.327. The average molecular weight is 409 g/mol. The summed E-state index contributed by atoms with van der Waals surface area (Å²) in [6.45, 7) is 0.370. The first-order valence-electron chi connectivity index (χ1n) is 9.52. The van der Waals surface area contributed by atoms with Crippen LogP contribution in [0, 0.1) is 5.82 Å². The maximum atomic E-state index is 14.0. The zero-order valence-electron chi connectivity index (χ0n) is 16.0. The van der Waals surface area contributed by atoms with Crippen LogP contribution in [-0.4, -0.2) is 29.4 Å². The van der Waals surface area contributed by atoms with Gasteiger partial charge in [-0.15, -0.1) is 0 Å². The largest absolute Gasteiger partial charge is 0.389 e. The number of likely N-dealkylation sites (N-methyl/N-ethyl adjacent to an activating group) is 1. The van der Waals surface area contributed by atoms with E-state index in [0.717, 1.165) is 22.0 Å². The van der Waals surface area contributed by atoms with Crippen molar-refractivity contribution >= 4 is 22.5 Å². The summed E-state index contributed by atoms with van der Waals surface area (Å²) in [5.41, 5.74) is 3.56. The van der Waals surface area contributed by atoms with E-state index in [0.29, 0.717) is 17.1 Å². The number of aromatic nitrogens is 1. The molecule has 4 aromatic rings. The molecule has 3 nitrogen and oxygen atoms in total. The Balaban J connectivity index is 1.96. The van der Waals surface area contributed by atoms with Gasteiger partial charge >= 0.3 is 0 Å². The first-order chi connectivity index (χ1) is 14.1. The summed E-state index contributed by atoms with van der Waals surface area (Å²) in [4.78, 5) is 0. The van der Waals surface area contributed by atoms with Crippen LogP contribution in [0.4, 0.5) is 4.39 Å². The zero-order valence-corrected chi connectivity index (χ0v) is 16.8. The molecule has 0 saturated heterocycles. The molecule has 0 aliphatic carbocycles. The van der Waals surface area contributed by atoms with Gasteiger partial charge < -0.3 is 15.0 Å². The molecule has 3 aromatic carbocycles. The predicted octanol–water partition coefficient (Wildman–Crippen LogP) is 5.27. The molecule has 1 heterocycles. The molecular formula is C24H22ClFN2O. The molecule has 0 aliphatic heterocycles. The third-order valence-corrected chi connectivity index (χ3v) is 5.50. The molecular weight excluding hydrogens is 387 g/mol. The van der Waals surface area contributed by atoms with Crippen LogP contribution < -0.4 is 5.32 Å². The second-order valence-corrected chi connectivity index (χ2v) is 7.48. The molecule has 0 amide bonds. The van der Waals surface area contributed by atoms with Crippen LogP contribution in [0.15, 0.2) is 79.0 Å². The van der Waals surface area contributed by atoms with Gasteiger partial charge in [0.1, 0.15) is 5.82 Å². The Morgan fingerprint density at radius 2 is 1.76 bits per heavy atom. The molecule has 0 saturated carbocycles. The van der Waals surface area contributed by atoms with Crippen LogP contribution in [0.5, 0.6) is 0 Å². The van der Waals surface area contributed by atoms with Gasteiger partial charge in [-0.1, -0.05) is 60.1 Å². The summed E-state index contributed by atoms with van der Waals surface area (Å²) in [6.07, 6.45) is 1.25. The Labute approximate surface area is 174 Å². The number of nitrogens with one attached hydrogen (secondary N) is 1. The van der Waals surface area contributed by atoms with Crippen molar-refractivity contribution in [2.45, 2.75) is 12.1 Å². The molecule has 0 radical (unpaired) electrons. The molecule has 2 atom stereocenters. The van der Waals surface area contributed by atoms with Crippen molar-refractivity contribution in [1.29, 1.82) is 0 Å². The van der Waals surface area contributed by atoms with E-state index < -0.39 is 12.1 Å². The standard InChI is InChI=1S/C24H22ClFN2O/c1-27-14-23(29)24(16-7-6-8-17(26)13-16)28-15-20(18-9-2-4-11-21(18)25)19-10-3-5-12-22(19)28/h2-13,15,23-24,27,29H,14H2,1H3/t23-,24+/m1/s1. The topological polar surface area (TPSA) is 37.2 Å². The number of rotatable bonds is 6. The lowest BCUT2D eigenvalue weighted by Crippen LogP contribution is -2.33. The highest BCUT2D eigenvalue weighted by Gasteiger charge is 2.26. The van der Waals surface area contributed by atoms with Crippen molar-refractivity contribution < 1.29 is 9.50 Å². The highest BCUT2D eigenvalue weighted by molar-refractivity contribution is 6.33. The molecule has 2 N–H and O–H groups in total. The van der Waals surface area contributed by atoms with Gasteiger partial charge in [0.2, 0.25) is 0 Å². The lowest BCUT2D eigenvalue weighted by molar-refractivity contribution is 0.132. The van der Waals surface area contributed by atoms with Gasteiger partial charge in [-0.25, -0.2) is 4.39 Å². The van der Waals surface area contributed by atoms with Crippen LogP contribution in [-0.2, 0) is 0 Å². The second kappa shape index (κ2) is 8.37. The van der Waals surface area contributed by atoms with E-state index in [1.807, 2.05) is 65.4 Å². The van der Waals surface area contributed by atoms with Crippen molar-refractivity contribution in [2.24, 2.45) is 0 Å². The van der Waals surface area contributed by atoms with E-state index in [-0.39, 0.29) is 5.82 Å². The van der Waals surface area contributed by atoms with Gasteiger partial charge in [0, 0.05) is 39.8 Å². The van der Waals surface area contributed by atoms with Gasteiger partial charge in [-0.3, -0.25) is 0 Å². The van der Waals surface area contributed by atoms with Crippen molar-refractivity contribution in [3.63, 3.8) is 0 Å². The lowest BCUT2D eigenvalue weighted by Gasteiger charge is -2.26. The Morgan fingerprint density at radius 1 is 1.00 bits per heavy atom. The Hall–Kier alpha value is -2.66. The van der Waals surface area contributed by atoms with Crippen molar-refractivity contribution in [3.8, 4) is 11.1 Å². The highest BCUT2D eigenvalue weighted by Crippen LogP contribution is 2.38. The van der Waals surface area contributed by atoms with Crippen LogP contribution in [0.3, 0.4) is 0 Å². The van der Waals surface area contributed by atoms with Gasteiger partial charge in [-0.05, 0) is 36.9 Å². The molecule has 0 fully saturated rings. The summed E-state index contributed by atoms with van der Waals surface area (Å²) < 4.78 is 16.0. The minimum atomic E-state index is -0.753. The summed E-state index contributed by atoms with van der Waals surface area (Å²) in [7, 11) is 1.79. The molecule has 0 unspecified atom stereocenters. The van der Waals surface area contributed by atoms with E-state index in [9.17, 15) is 9.50 Å². The molecule has 29 heavy (non-hydrogen) atoms. The quantitative estimate of drug-likeness (QED) is 0.456. The molecule has 5 heteroatoms. The molecule has 0 spiro atoms. The number of benzene rings is 3. The average Bonchev–Trinajstić information content (AvgIpc) is 3.08. The van der Waals surface area contributed by atoms with Crippen LogP contribution >= 0.6 is 11.6 Å². The smallest absolute Gasteiger partial charge is 0.123 e. The van der Waals surface area contributed by atoms with Crippen LogP contribution in [0.1, 0.15) is 11.6 Å². The Morgan fingerprint density at radius 3 is 2.52 bits per heavy atom. The SMILES string of the molecule is CNC[C@@H](O)[C@H](c1cccc(F)c1)n1cc(-c2ccccc2Cl)c2ccccc21. The second-order valence-electron chi connectivity index (χ2n) is 7.07. The van der Waals surface area contributed by atoms with Gasteiger partial charge in [0.15, 0.2) is 0 Å². The first-order valence-corrected chi connectivity index (χ1v) is 9.90. The zero-order chi connectivity index (χ0) is 20.4. The maximum Gasteiger partial charge on any atom is 0.123 e. The van der Waals surface area contributed by atoms with Gasteiger partial charge in [0.05, 0.1) is 12.1 Å². The van der Waals surface area contributed by atoms with E-state index in [1.165, 1.54) is 12.1 Å². The van der Waals surface area contributed by atoms with E-state index >= 15 is 0 Å². The van der Waals surface area contributed by atoms with Gasteiger partial charge in [0.25, 0.3) is 0 Å². The van der Waals surface area contributed by atoms with Gasteiger partial charge in [-0.2, -0.15) is 0 Å². The Bertz CT molecular complexity index is 1140. The summed E-state index contributed by atoms with van der Waals surface area (Å²) in [6, 6.07) is 21.6. The number of hydrogen-bond donors (Lipinski definition) is 2. The minimum Gasteiger partial charge on any atom is -0.389 e. The number of aliphatic hydroxyl groups excluding tert-OH is 1. The number of hydrogen-bond acceptors (Lipinski definition) is 2. The highest BCUT2D eigenvalue weighted by atomic mass is 35.5. The number of fused-ring (bicyclic) bond motifs is 1. The minimum absolute atomic E-state index is 0.327. The lowest BCUT2D eigenvalue weighted by atomic mass is 10.0. The molecule has 4 rings (SSSR count).